The van der Waals surface area contributed by atoms with Crippen LogP contribution in [0.5, 0.6) is 0 Å². The molecule has 0 spiro atoms. The third-order valence-corrected chi connectivity index (χ3v) is 4.93. The molecule has 1 saturated carbocycles. The molecule has 0 aromatic heterocycles. The topological polar surface area (TPSA) is 50.4 Å². The molecule has 0 saturated heterocycles. The fourth-order valence-electron chi connectivity index (χ4n) is 1.94. The zero-order chi connectivity index (χ0) is 14.4. The van der Waals surface area contributed by atoms with Crippen LogP contribution in [-0.4, -0.2) is 23.8 Å². The van der Waals surface area contributed by atoms with Crippen molar-refractivity contribution >= 4 is 17.7 Å². The standard InChI is InChI=1S/C16H25N3S/c1-13(2)8-11-18-15(17)19-12-16(9-10-16)20-14-6-4-3-5-7-14/h3-7,13H,8-12H2,1-2H3,(H3,17,18,19). The average Bonchev–Trinajstić information content (AvgIpc) is 3.17. The molecule has 0 aliphatic heterocycles. The highest BCUT2D eigenvalue weighted by atomic mass is 32.2. The molecular weight excluding hydrogens is 266 g/mol. The lowest BCUT2D eigenvalue weighted by Gasteiger charge is -2.13. The minimum absolute atomic E-state index is 0.283. The SMILES string of the molecule is CC(C)CCNC(N)=NCC1(Sc2ccccc2)CC1. The van der Waals surface area contributed by atoms with Crippen LogP contribution < -0.4 is 11.1 Å². The van der Waals surface area contributed by atoms with Crippen LogP contribution in [0.4, 0.5) is 0 Å². The van der Waals surface area contributed by atoms with Crippen molar-refractivity contribution in [1.29, 1.82) is 0 Å². The Bertz CT molecular complexity index is 438. The van der Waals surface area contributed by atoms with Gasteiger partial charge in [0.15, 0.2) is 5.96 Å². The first-order valence-corrected chi connectivity index (χ1v) is 8.19. The summed E-state index contributed by atoms with van der Waals surface area (Å²) in [6.45, 7) is 6.15. The van der Waals surface area contributed by atoms with Crippen LogP contribution in [0.2, 0.25) is 0 Å². The summed E-state index contributed by atoms with van der Waals surface area (Å²) in [5, 5.41) is 3.20. The smallest absolute Gasteiger partial charge is 0.188 e. The van der Waals surface area contributed by atoms with Crippen LogP contribution >= 0.6 is 11.8 Å². The maximum Gasteiger partial charge on any atom is 0.188 e. The van der Waals surface area contributed by atoms with Gasteiger partial charge >= 0.3 is 0 Å². The van der Waals surface area contributed by atoms with E-state index < -0.39 is 0 Å². The lowest BCUT2D eigenvalue weighted by molar-refractivity contribution is 0.576. The zero-order valence-corrected chi connectivity index (χ0v) is 13.2. The Morgan fingerprint density at radius 1 is 1.35 bits per heavy atom. The maximum atomic E-state index is 5.92. The van der Waals surface area contributed by atoms with Crippen molar-refractivity contribution < 1.29 is 0 Å². The van der Waals surface area contributed by atoms with Gasteiger partial charge in [-0.15, -0.1) is 11.8 Å². The van der Waals surface area contributed by atoms with E-state index in [0.717, 1.165) is 19.5 Å². The minimum atomic E-state index is 0.283. The predicted octanol–water partition coefficient (Wildman–Crippen LogP) is 3.26. The Morgan fingerprint density at radius 3 is 2.65 bits per heavy atom. The van der Waals surface area contributed by atoms with Crippen molar-refractivity contribution in [3.8, 4) is 0 Å². The number of thioether (sulfide) groups is 1. The number of hydrogen-bond acceptors (Lipinski definition) is 2. The van der Waals surface area contributed by atoms with Crippen LogP contribution in [0.1, 0.15) is 33.1 Å². The molecule has 1 aliphatic carbocycles. The molecule has 4 heteroatoms. The molecule has 0 atom stereocenters. The number of hydrogen-bond donors (Lipinski definition) is 2. The number of nitrogens with zero attached hydrogens (tertiary/aromatic N) is 1. The maximum absolute atomic E-state index is 5.92. The van der Waals surface area contributed by atoms with E-state index in [1.807, 2.05) is 11.8 Å². The normalized spacial score (nSPS) is 17.2. The lowest BCUT2D eigenvalue weighted by atomic mass is 10.1. The monoisotopic (exact) mass is 291 g/mol. The van der Waals surface area contributed by atoms with E-state index in [1.54, 1.807) is 0 Å². The summed E-state index contributed by atoms with van der Waals surface area (Å²) in [6, 6.07) is 10.6. The van der Waals surface area contributed by atoms with Crippen LogP contribution in [-0.2, 0) is 0 Å². The third-order valence-electron chi connectivity index (χ3n) is 3.45. The van der Waals surface area contributed by atoms with Crippen molar-refractivity contribution in [1.82, 2.24) is 5.32 Å². The number of nitrogens with one attached hydrogen (secondary N) is 1. The van der Waals surface area contributed by atoms with Crippen molar-refractivity contribution in [2.24, 2.45) is 16.6 Å². The van der Waals surface area contributed by atoms with Gasteiger partial charge in [-0.3, -0.25) is 4.99 Å². The molecule has 1 fully saturated rings. The average molecular weight is 291 g/mol. The molecule has 3 N–H and O–H groups in total. The number of aliphatic imine (C=N–C) groups is 1. The zero-order valence-electron chi connectivity index (χ0n) is 12.4. The van der Waals surface area contributed by atoms with Gasteiger partial charge in [-0.1, -0.05) is 32.0 Å². The van der Waals surface area contributed by atoms with Gasteiger partial charge in [-0.05, 0) is 37.3 Å². The van der Waals surface area contributed by atoms with E-state index >= 15 is 0 Å². The van der Waals surface area contributed by atoms with Crippen LogP contribution in [0.3, 0.4) is 0 Å². The van der Waals surface area contributed by atoms with Gasteiger partial charge in [0, 0.05) is 16.2 Å². The Balaban J connectivity index is 1.77. The Kier molecular flexibility index (Phi) is 5.35. The molecule has 0 heterocycles. The molecule has 110 valence electrons. The molecule has 3 nitrogen and oxygen atoms in total. The lowest BCUT2D eigenvalue weighted by Crippen LogP contribution is -2.33. The first kappa shape index (κ1) is 15.2. The molecule has 0 unspecified atom stereocenters. The number of rotatable bonds is 7. The van der Waals surface area contributed by atoms with E-state index in [2.05, 4.69) is 54.5 Å². The molecule has 0 bridgehead atoms. The fraction of sp³-hybridized carbons (Fsp3) is 0.562. The summed E-state index contributed by atoms with van der Waals surface area (Å²) in [6.07, 6.45) is 3.59. The first-order valence-electron chi connectivity index (χ1n) is 7.37. The van der Waals surface area contributed by atoms with Gasteiger partial charge < -0.3 is 11.1 Å². The van der Waals surface area contributed by atoms with Crippen molar-refractivity contribution in [2.75, 3.05) is 13.1 Å². The number of benzene rings is 1. The second kappa shape index (κ2) is 7.02. The van der Waals surface area contributed by atoms with Crippen molar-refractivity contribution in [3.05, 3.63) is 30.3 Å². The molecular formula is C16H25N3S. The Labute approximate surface area is 126 Å². The van der Waals surface area contributed by atoms with Gasteiger partial charge in [-0.25, -0.2) is 0 Å². The number of guanidine groups is 1. The molecule has 1 aromatic carbocycles. The van der Waals surface area contributed by atoms with Gasteiger partial charge in [0.2, 0.25) is 0 Å². The Morgan fingerprint density at radius 2 is 2.05 bits per heavy atom. The summed E-state index contributed by atoms with van der Waals surface area (Å²) in [7, 11) is 0. The summed E-state index contributed by atoms with van der Waals surface area (Å²) in [5.74, 6) is 1.28. The fourth-order valence-corrected chi connectivity index (χ4v) is 3.17. The van der Waals surface area contributed by atoms with Gasteiger partial charge in [0.25, 0.3) is 0 Å². The molecule has 1 aromatic rings. The minimum Gasteiger partial charge on any atom is -0.370 e. The highest BCUT2D eigenvalue weighted by Crippen LogP contribution is 2.51. The molecule has 1 aliphatic rings. The summed E-state index contributed by atoms with van der Waals surface area (Å²) in [5.41, 5.74) is 5.92. The highest BCUT2D eigenvalue weighted by molar-refractivity contribution is 8.01. The van der Waals surface area contributed by atoms with Crippen molar-refractivity contribution in [3.63, 3.8) is 0 Å². The predicted molar refractivity (Wildman–Crippen MR) is 88.2 cm³/mol. The molecule has 2 rings (SSSR count). The van der Waals surface area contributed by atoms with E-state index in [4.69, 9.17) is 5.73 Å². The third kappa shape index (κ3) is 5.08. The largest absolute Gasteiger partial charge is 0.370 e. The van der Waals surface area contributed by atoms with Crippen LogP contribution in [0.25, 0.3) is 0 Å². The van der Waals surface area contributed by atoms with Crippen LogP contribution in [0.15, 0.2) is 40.2 Å². The Hall–Kier alpha value is -1.16. The first-order chi connectivity index (χ1) is 9.60. The molecule has 20 heavy (non-hydrogen) atoms. The van der Waals surface area contributed by atoms with E-state index in [-0.39, 0.29) is 4.75 Å². The van der Waals surface area contributed by atoms with E-state index in [9.17, 15) is 0 Å². The quantitative estimate of drug-likeness (QED) is 0.599. The van der Waals surface area contributed by atoms with Gasteiger partial charge in [-0.2, -0.15) is 0 Å². The van der Waals surface area contributed by atoms with Gasteiger partial charge in [0.1, 0.15) is 0 Å². The number of nitrogens with two attached hydrogens (primary N) is 1. The summed E-state index contributed by atoms with van der Waals surface area (Å²) >= 11 is 1.94. The van der Waals surface area contributed by atoms with Crippen molar-refractivity contribution in [2.45, 2.75) is 42.8 Å². The molecule has 0 amide bonds. The summed E-state index contributed by atoms with van der Waals surface area (Å²) in [4.78, 5) is 5.84. The van der Waals surface area contributed by atoms with Gasteiger partial charge in [0.05, 0.1) is 6.54 Å². The second-order valence-electron chi connectivity index (χ2n) is 5.91. The van der Waals surface area contributed by atoms with Crippen LogP contribution in [0, 0.1) is 5.92 Å². The van der Waals surface area contributed by atoms with E-state index in [1.165, 1.54) is 17.7 Å². The molecule has 0 radical (unpaired) electrons. The second-order valence-corrected chi connectivity index (χ2v) is 7.45. The highest BCUT2D eigenvalue weighted by Gasteiger charge is 2.43. The summed E-state index contributed by atoms with van der Waals surface area (Å²) < 4.78 is 0.283. The van der Waals surface area contributed by atoms with E-state index in [0.29, 0.717) is 11.9 Å².